The number of aliphatic carboxylic acids is 1. The highest BCUT2D eigenvalue weighted by Gasteiger charge is 2.13. The lowest BCUT2D eigenvalue weighted by Gasteiger charge is -2.03. The summed E-state index contributed by atoms with van der Waals surface area (Å²) in [6, 6.07) is -0.981. The third kappa shape index (κ3) is 2.91. The molecule has 0 rings (SSSR count). The van der Waals surface area contributed by atoms with E-state index in [0.717, 1.165) is 0 Å². The predicted molar refractivity (Wildman–Crippen MR) is 34.2 cm³/mol. The monoisotopic (exact) mass is 150 g/mol. The van der Waals surface area contributed by atoms with Crippen LogP contribution in [0.5, 0.6) is 0 Å². The second-order valence-corrected chi connectivity index (χ2v) is 1.66. The van der Waals surface area contributed by atoms with Crippen LogP contribution in [0.25, 0.3) is 0 Å². The van der Waals surface area contributed by atoms with E-state index in [4.69, 9.17) is 5.11 Å². The number of hydrogen-bond donors (Lipinski definition) is 3. The van der Waals surface area contributed by atoms with Crippen LogP contribution in [0.15, 0.2) is 5.29 Å². The quantitative estimate of drug-likeness (QED) is 0.290. The first-order valence-electron chi connectivity index (χ1n) is 2.14. The number of rotatable bonds is 4. The smallest absolute Gasteiger partial charge is 0.328 e. The van der Waals surface area contributed by atoms with E-state index in [2.05, 4.69) is 17.9 Å². The van der Waals surface area contributed by atoms with Gasteiger partial charge in [0.2, 0.25) is 0 Å². The summed E-state index contributed by atoms with van der Waals surface area (Å²) in [4.78, 5) is 19.4. The molecule has 5 nitrogen and oxygen atoms in total. The minimum absolute atomic E-state index is 0.0427. The lowest BCUT2D eigenvalue weighted by molar-refractivity contribution is -0.138. The van der Waals surface area contributed by atoms with Gasteiger partial charge in [-0.05, 0) is 0 Å². The molecule has 0 radical (unpaired) electrons. The van der Waals surface area contributed by atoms with Crippen LogP contribution in [0.3, 0.4) is 0 Å². The van der Waals surface area contributed by atoms with Gasteiger partial charge in [-0.25, -0.2) is 4.79 Å². The predicted octanol–water partition coefficient (Wildman–Crippen LogP) is -0.360. The summed E-state index contributed by atoms with van der Waals surface area (Å²) in [5, 5.41) is 10.4. The normalized spacial score (nSPS) is 12.1. The van der Waals surface area contributed by atoms with E-state index in [1.807, 2.05) is 5.43 Å². The molecule has 0 saturated heterocycles. The summed E-state index contributed by atoms with van der Waals surface area (Å²) in [5.41, 5.74) is 1.83. The zero-order valence-electron chi connectivity index (χ0n) is 4.44. The number of nitrogens with zero attached hydrogens (tertiary/aromatic N) is 1. The SMILES string of the molecule is O=NN[C@@H](CS)C(=O)O. The van der Waals surface area contributed by atoms with Gasteiger partial charge in [0, 0.05) is 5.75 Å². The van der Waals surface area contributed by atoms with Gasteiger partial charge < -0.3 is 5.11 Å². The van der Waals surface area contributed by atoms with E-state index >= 15 is 0 Å². The van der Waals surface area contributed by atoms with Gasteiger partial charge >= 0.3 is 5.97 Å². The molecule has 0 fully saturated rings. The molecule has 0 aliphatic heterocycles. The van der Waals surface area contributed by atoms with Crippen LogP contribution in [0.2, 0.25) is 0 Å². The van der Waals surface area contributed by atoms with Crippen molar-refractivity contribution in [2.24, 2.45) is 5.29 Å². The summed E-state index contributed by atoms with van der Waals surface area (Å²) >= 11 is 3.65. The lowest BCUT2D eigenvalue weighted by atomic mass is 10.4. The summed E-state index contributed by atoms with van der Waals surface area (Å²) in [6.45, 7) is 0. The topological polar surface area (TPSA) is 78.8 Å². The molecular formula is C3H6N2O3S. The van der Waals surface area contributed by atoms with Crippen LogP contribution in [-0.2, 0) is 4.79 Å². The largest absolute Gasteiger partial charge is 0.480 e. The zero-order chi connectivity index (χ0) is 7.28. The first-order chi connectivity index (χ1) is 4.22. The molecule has 0 aromatic heterocycles. The van der Waals surface area contributed by atoms with Gasteiger partial charge in [-0.1, -0.05) is 0 Å². The molecule has 1 atom stereocenters. The van der Waals surface area contributed by atoms with E-state index in [1.54, 1.807) is 0 Å². The number of carboxylic acids is 1. The number of carboxylic acid groups (broad SMARTS) is 1. The molecule has 0 aliphatic rings. The van der Waals surface area contributed by atoms with Gasteiger partial charge in [0.05, 0.1) is 5.29 Å². The fourth-order valence-corrected chi connectivity index (χ4v) is 0.476. The molecule has 0 aromatic carbocycles. The molecule has 0 spiro atoms. The summed E-state index contributed by atoms with van der Waals surface area (Å²) in [6.07, 6.45) is 0. The van der Waals surface area contributed by atoms with Crippen molar-refractivity contribution in [1.29, 1.82) is 0 Å². The van der Waals surface area contributed by atoms with Crippen LogP contribution in [0.1, 0.15) is 0 Å². The first-order valence-corrected chi connectivity index (χ1v) is 2.77. The maximum Gasteiger partial charge on any atom is 0.328 e. The molecule has 0 saturated carbocycles. The third-order valence-electron chi connectivity index (χ3n) is 0.689. The number of nitrogens with one attached hydrogen (secondary N) is 1. The van der Waals surface area contributed by atoms with Gasteiger partial charge in [0.25, 0.3) is 0 Å². The van der Waals surface area contributed by atoms with Crippen molar-refractivity contribution in [1.82, 2.24) is 5.43 Å². The molecule has 9 heavy (non-hydrogen) atoms. The van der Waals surface area contributed by atoms with Crippen LogP contribution in [0.4, 0.5) is 0 Å². The molecule has 0 aromatic rings. The van der Waals surface area contributed by atoms with Gasteiger partial charge in [-0.3, -0.25) is 5.43 Å². The van der Waals surface area contributed by atoms with E-state index in [-0.39, 0.29) is 5.75 Å². The Morgan fingerprint density at radius 2 is 2.44 bits per heavy atom. The fourth-order valence-electron chi connectivity index (χ4n) is 0.238. The van der Waals surface area contributed by atoms with Crippen LogP contribution >= 0.6 is 12.6 Å². The molecule has 6 heteroatoms. The Kier molecular flexibility index (Phi) is 3.78. The zero-order valence-corrected chi connectivity index (χ0v) is 5.34. The molecular weight excluding hydrogens is 144 g/mol. The molecule has 52 valence electrons. The second-order valence-electron chi connectivity index (χ2n) is 1.29. The minimum atomic E-state index is -1.13. The average molecular weight is 150 g/mol. The Morgan fingerprint density at radius 3 is 2.56 bits per heavy atom. The standard InChI is InChI=1S/C3H6N2O3S/c6-3(7)2(1-9)4-5-8/h2,9H,1H2,(H,4,8)(H,6,7)/t2-/m0/s1. The summed E-state index contributed by atoms with van der Waals surface area (Å²) < 4.78 is 0. The van der Waals surface area contributed by atoms with E-state index in [9.17, 15) is 9.70 Å². The highest BCUT2D eigenvalue weighted by atomic mass is 32.1. The lowest BCUT2D eigenvalue weighted by Crippen LogP contribution is -2.34. The molecule has 0 bridgehead atoms. The number of nitroso groups, excluding NO2 is 1. The van der Waals surface area contributed by atoms with Crippen LogP contribution < -0.4 is 5.43 Å². The fraction of sp³-hybridized carbons (Fsp3) is 0.667. The van der Waals surface area contributed by atoms with Crippen molar-refractivity contribution in [2.45, 2.75) is 6.04 Å². The van der Waals surface area contributed by atoms with Crippen LogP contribution in [0, 0.1) is 4.91 Å². The van der Waals surface area contributed by atoms with Crippen LogP contribution in [-0.4, -0.2) is 22.9 Å². The van der Waals surface area contributed by atoms with Crippen molar-refractivity contribution in [3.8, 4) is 0 Å². The number of thiol groups is 1. The van der Waals surface area contributed by atoms with Gasteiger partial charge in [0.15, 0.2) is 6.04 Å². The molecule has 0 aliphatic carbocycles. The highest BCUT2D eigenvalue weighted by molar-refractivity contribution is 7.80. The second kappa shape index (κ2) is 4.13. The van der Waals surface area contributed by atoms with E-state index in [1.165, 1.54) is 0 Å². The van der Waals surface area contributed by atoms with Gasteiger partial charge in [-0.2, -0.15) is 12.6 Å². The Labute approximate surface area is 56.8 Å². The number of carbonyl (C=O) groups is 1. The summed E-state index contributed by atoms with van der Waals surface area (Å²) in [7, 11) is 0. The van der Waals surface area contributed by atoms with E-state index in [0.29, 0.717) is 0 Å². The van der Waals surface area contributed by atoms with Crippen molar-refractivity contribution < 1.29 is 9.90 Å². The molecule has 0 amide bonds. The maximum atomic E-state index is 10.0. The average Bonchev–Trinajstić information content (AvgIpc) is 1.82. The Hall–Kier alpha value is -0.780. The first kappa shape index (κ1) is 8.22. The Bertz CT molecular complexity index is 118. The van der Waals surface area contributed by atoms with Crippen molar-refractivity contribution >= 4 is 18.6 Å². The molecule has 0 unspecified atom stereocenters. The van der Waals surface area contributed by atoms with E-state index < -0.39 is 12.0 Å². The van der Waals surface area contributed by atoms with Crippen molar-refractivity contribution in [3.63, 3.8) is 0 Å². The van der Waals surface area contributed by atoms with Crippen molar-refractivity contribution in [3.05, 3.63) is 4.91 Å². The molecule has 2 N–H and O–H groups in total. The van der Waals surface area contributed by atoms with Gasteiger partial charge in [-0.15, -0.1) is 4.91 Å². The Balaban J connectivity index is 3.67. The minimum Gasteiger partial charge on any atom is -0.480 e. The molecule has 0 heterocycles. The number of hydrogen-bond acceptors (Lipinski definition) is 4. The summed E-state index contributed by atoms with van der Waals surface area (Å²) in [5.74, 6) is -1.09. The van der Waals surface area contributed by atoms with Gasteiger partial charge in [0.1, 0.15) is 0 Å². The highest BCUT2D eigenvalue weighted by Crippen LogP contribution is 1.86. The maximum absolute atomic E-state index is 10.0. The third-order valence-corrected chi connectivity index (χ3v) is 1.05. The van der Waals surface area contributed by atoms with Crippen molar-refractivity contribution in [2.75, 3.05) is 5.75 Å². The Morgan fingerprint density at radius 1 is 1.89 bits per heavy atom.